The van der Waals surface area contributed by atoms with E-state index in [1.54, 1.807) is 0 Å². The zero-order valence-corrected chi connectivity index (χ0v) is 9.86. The van der Waals surface area contributed by atoms with Crippen LogP contribution in [0, 0.1) is 6.92 Å². The van der Waals surface area contributed by atoms with Gasteiger partial charge in [-0.25, -0.2) is 0 Å². The number of rotatable bonds is 6. The molecule has 0 fully saturated rings. The van der Waals surface area contributed by atoms with Crippen molar-refractivity contribution in [3.05, 3.63) is 35.4 Å². The summed E-state index contributed by atoms with van der Waals surface area (Å²) >= 11 is 0. The zero-order valence-electron chi connectivity index (χ0n) is 9.86. The van der Waals surface area contributed by atoms with E-state index in [0.29, 0.717) is 6.42 Å². The summed E-state index contributed by atoms with van der Waals surface area (Å²) in [6.45, 7) is 4.90. The Balaban J connectivity index is 2.34. The van der Waals surface area contributed by atoms with Gasteiger partial charge in [0.25, 0.3) is 0 Å². The van der Waals surface area contributed by atoms with Crippen molar-refractivity contribution < 1.29 is 9.90 Å². The Kier molecular flexibility index (Phi) is 4.99. The minimum absolute atomic E-state index is 0.224. The number of carbonyl (C=O) groups is 1. The van der Waals surface area contributed by atoms with Crippen molar-refractivity contribution >= 4 is 5.97 Å². The molecule has 1 rings (SSSR count). The average Bonchev–Trinajstić information content (AvgIpc) is 2.25. The highest BCUT2D eigenvalue weighted by Crippen LogP contribution is 2.07. The molecule has 0 amide bonds. The number of carboxylic acid groups (broad SMARTS) is 1. The van der Waals surface area contributed by atoms with Gasteiger partial charge < -0.3 is 10.4 Å². The third-order valence-electron chi connectivity index (χ3n) is 2.69. The fraction of sp³-hybridized carbons (Fsp3) is 0.462. The van der Waals surface area contributed by atoms with Crippen LogP contribution < -0.4 is 5.32 Å². The highest BCUT2D eigenvalue weighted by Gasteiger charge is 2.05. The Hall–Kier alpha value is -1.35. The van der Waals surface area contributed by atoms with Gasteiger partial charge in [-0.05, 0) is 31.4 Å². The first-order valence-corrected chi connectivity index (χ1v) is 5.59. The number of aryl methyl sites for hydroxylation is 1. The van der Waals surface area contributed by atoms with Gasteiger partial charge in [-0.2, -0.15) is 0 Å². The van der Waals surface area contributed by atoms with Crippen molar-refractivity contribution in [2.45, 2.75) is 39.3 Å². The smallest absolute Gasteiger partial charge is 0.303 e. The highest BCUT2D eigenvalue weighted by molar-refractivity contribution is 5.66. The number of hydrogen-bond donors (Lipinski definition) is 2. The van der Waals surface area contributed by atoms with Gasteiger partial charge in [-0.1, -0.05) is 24.3 Å². The van der Waals surface area contributed by atoms with Crippen LogP contribution in [0.25, 0.3) is 0 Å². The van der Waals surface area contributed by atoms with Crippen LogP contribution in [-0.4, -0.2) is 17.1 Å². The normalized spacial score (nSPS) is 12.4. The monoisotopic (exact) mass is 221 g/mol. The Labute approximate surface area is 96.5 Å². The number of aliphatic carboxylic acids is 1. The molecule has 0 bridgehead atoms. The maximum atomic E-state index is 10.4. The van der Waals surface area contributed by atoms with Crippen LogP contribution in [0.4, 0.5) is 0 Å². The number of nitrogens with one attached hydrogen (secondary N) is 1. The third kappa shape index (κ3) is 4.45. The molecule has 0 saturated heterocycles. The molecule has 88 valence electrons. The first-order chi connectivity index (χ1) is 7.59. The van der Waals surface area contributed by atoms with Crippen molar-refractivity contribution in [2.75, 3.05) is 0 Å². The van der Waals surface area contributed by atoms with Gasteiger partial charge in [-0.3, -0.25) is 4.79 Å². The van der Waals surface area contributed by atoms with E-state index in [1.807, 2.05) is 19.1 Å². The Morgan fingerprint density at radius 1 is 1.44 bits per heavy atom. The van der Waals surface area contributed by atoms with Crippen LogP contribution in [0.5, 0.6) is 0 Å². The van der Waals surface area contributed by atoms with Crippen molar-refractivity contribution in [1.82, 2.24) is 5.32 Å². The van der Waals surface area contributed by atoms with E-state index in [-0.39, 0.29) is 12.5 Å². The molecule has 0 heterocycles. The van der Waals surface area contributed by atoms with E-state index in [4.69, 9.17) is 5.11 Å². The number of carboxylic acids is 1. The van der Waals surface area contributed by atoms with E-state index in [0.717, 1.165) is 6.54 Å². The number of benzene rings is 1. The lowest BCUT2D eigenvalue weighted by Gasteiger charge is -2.13. The molecule has 0 radical (unpaired) electrons. The Morgan fingerprint density at radius 3 is 2.75 bits per heavy atom. The fourth-order valence-electron chi connectivity index (χ4n) is 1.53. The largest absolute Gasteiger partial charge is 0.481 e. The van der Waals surface area contributed by atoms with Gasteiger partial charge in [-0.15, -0.1) is 0 Å². The predicted molar refractivity (Wildman–Crippen MR) is 64.4 cm³/mol. The van der Waals surface area contributed by atoms with E-state index >= 15 is 0 Å². The van der Waals surface area contributed by atoms with Crippen molar-refractivity contribution in [3.63, 3.8) is 0 Å². The van der Waals surface area contributed by atoms with Crippen LogP contribution in [0.15, 0.2) is 24.3 Å². The van der Waals surface area contributed by atoms with Crippen molar-refractivity contribution in [3.8, 4) is 0 Å². The summed E-state index contributed by atoms with van der Waals surface area (Å²) in [5.41, 5.74) is 2.53. The van der Waals surface area contributed by atoms with Crippen molar-refractivity contribution in [2.24, 2.45) is 0 Å². The second-order valence-electron chi connectivity index (χ2n) is 4.14. The average molecular weight is 221 g/mol. The van der Waals surface area contributed by atoms with Gasteiger partial charge in [0.05, 0.1) is 0 Å². The quantitative estimate of drug-likeness (QED) is 0.775. The first-order valence-electron chi connectivity index (χ1n) is 5.59. The van der Waals surface area contributed by atoms with Gasteiger partial charge in [0.15, 0.2) is 0 Å². The molecule has 0 aliphatic carbocycles. The summed E-state index contributed by atoms with van der Waals surface area (Å²) in [7, 11) is 0. The molecule has 16 heavy (non-hydrogen) atoms. The summed E-state index contributed by atoms with van der Waals surface area (Å²) < 4.78 is 0. The molecule has 0 spiro atoms. The van der Waals surface area contributed by atoms with Crippen LogP contribution >= 0.6 is 0 Å². The minimum Gasteiger partial charge on any atom is -0.481 e. The molecule has 1 aromatic carbocycles. The van der Waals surface area contributed by atoms with Gasteiger partial charge in [0.2, 0.25) is 0 Å². The fourth-order valence-corrected chi connectivity index (χ4v) is 1.53. The molecular formula is C13H19NO2. The summed E-state index contributed by atoms with van der Waals surface area (Å²) in [4.78, 5) is 10.4. The van der Waals surface area contributed by atoms with E-state index < -0.39 is 5.97 Å². The standard InChI is InChI=1S/C13H19NO2/c1-10-5-3-4-6-12(10)9-14-11(2)7-8-13(15)16/h3-6,11,14H,7-9H2,1-2H3,(H,15,16). The molecule has 0 aliphatic heterocycles. The van der Waals surface area contributed by atoms with E-state index in [2.05, 4.69) is 24.4 Å². The molecule has 0 aromatic heterocycles. The molecular weight excluding hydrogens is 202 g/mol. The second kappa shape index (κ2) is 6.28. The Bertz CT molecular complexity index is 350. The summed E-state index contributed by atoms with van der Waals surface area (Å²) in [5.74, 6) is -0.732. The molecule has 1 aromatic rings. The van der Waals surface area contributed by atoms with E-state index in [1.165, 1.54) is 11.1 Å². The topological polar surface area (TPSA) is 49.3 Å². The third-order valence-corrected chi connectivity index (χ3v) is 2.69. The highest BCUT2D eigenvalue weighted by atomic mass is 16.4. The van der Waals surface area contributed by atoms with E-state index in [9.17, 15) is 4.79 Å². The number of hydrogen-bond acceptors (Lipinski definition) is 2. The lowest BCUT2D eigenvalue weighted by atomic mass is 10.1. The lowest BCUT2D eigenvalue weighted by Crippen LogP contribution is -2.26. The van der Waals surface area contributed by atoms with Crippen molar-refractivity contribution in [1.29, 1.82) is 0 Å². The van der Waals surface area contributed by atoms with Crippen LogP contribution in [0.3, 0.4) is 0 Å². The molecule has 3 nitrogen and oxygen atoms in total. The van der Waals surface area contributed by atoms with Crippen LogP contribution in [0.2, 0.25) is 0 Å². The second-order valence-corrected chi connectivity index (χ2v) is 4.14. The van der Waals surface area contributed by atoms with Crippen LogP contribution in [0.1, 0.15) is 30.9 Å². The van der Waals surface area contributed by atoms with Gasteiger partial charge in [0, 0.05) is 19.0 Å². The molecule has 2 N–H and O–H groups in total. The summed E-state index contributed by atoms with van der Waals surface area (Å²) in [6.07, 6.45) is 0.892. The molecule has 0 aliphatic rings. The first kappa shape index (κ1) is 12.7. The van der Waals surface area contributed by atoms with Crippen LogP contribution in [-0.2, 0) is 11.3 Å². The molecule has 0 saturated carbocycles. The van der Waals surface area contributed by atoms with Gasteiger partial charge >= 0.3 is 5.97 Å². The maximum Gasteiger partial charge on any atom is 0.303 e. The molecule has 3 heteroatoms. The maximum absolute atomic E-state index is 10.4. The summed E-state index contributed by atoms with van der Waals surface area (Å²) in [5, 5.41) is 11.9. The summed E-state index contributed by atoms with van der Waals surface area (Å²) in [6, 6.07) is 8.44. The lowest BCUT2D eigenvalue weighted by molar-refractivity contribution is -0.137. The molecule has 1 unspecified atom stereocenters. The minimum atomic E-state index is -0.732. The SMILES string of the molecule is Cc1ccccc1CNC(C)CCC(=O)O. The van der Waals surface area contributed by atoms with Gasteiger partial charge in [0.1, 0.15) is 0 Å². The zero-order chi connectivity index (χ0) is 12.0. The predicted octanol–water partition coefficient (Wildman–Crippen LogP) is 2.34. The Morgan fingerprint density at radius 2 is 2.12 bits per heavy atom. The molecule has 1 atom stereocenters.